The minimum absolute atomic E-state index is 0.0862. The molecule has 0 spiro atoms. The first-order chi connectivity index (χ1) is 8.16. The fourth-order valence-electron chi connectivity index (χ4n) is 1.35. The highest BCUT2D eigenvalue weighted by Crippen LogP contribution is 2.22. The lowest BCUT2D eigenvalue weighted by Crippen LogP contribution is -2.02. The van der Waals surface area contributed by atoms with Gasteiger partial charge in [0, 0.05) is 17.3 Å². The van der Waals surface area contributed by atoms with Crippen molar-refractivity contribution < 1.29 is 4.92 Å². The maximum atomic E-state index is 10.7. The molecule has 8 heteroatoms. The summed E-state index contributed by atoms with van der Waals surface area (Å²) in [6.07, 6.45) is 0. The summed E-state index contributed by atoms with van der Waals surface area (Å²) in [4.78, 5) is 10.3. The maximum absolute atomic E-state index is 10.7. The van der Waals surface area contributed by atoms with E-state index in [2.05, 4.69) is 25.9 Å². The Bertz CT molecular complexity index is 524. The molecule has 1 aromatic heterocycles. The van der Waals surface area contributed by atoms with Crippen LogP contribution in [-0.2, 0) is 6.54 Å². The van der Waals surface area contributed by atoms with Crippen LogP contribution < -0.4 is 5.32 Å². The van der Waals surface area contributed by atoms with Crippen LogP contribution in [0.2, 0.25) is 0 Å². The van der Waals surface area contributed by atoms with Gasteiger partial charge in [-0.3, -0.25) is 10.1 Å². The average Bonchev–Trinajstić information content (AvgIpc) is 2.80. The van der Waals surface area contributed by atoms with Crippen LogP contribution in [0.25, 0.3) is 0 Å². The van der Waals surface area contributed by atoms with E-state index in [1.165, 1.54) is 6.07 Å². The molecule has 1 aromatic carbocycles. The zero-order chi connectivity index (χ0) is 12.3. The van der Waals surface area contributed by atoms with E-state index in [4.69, 9.17) is 0 Å². The molecule has 0 bridgehead atoms. The van der Waals surface area contributed by atoms with Crippen LogP contribution >= 0.6 is 0 Å². The van der Waals surface area contributed by atoms with Crippen molar-refractivity contribution in [1.82, 2.24) is 20.6 Å². The molecule has 88 valence electrons. The minimum atomic E-state index is -0.408. The van der Waals surface area contributed by atoms with Gasteiger partial charge in [-0.05, 0) is 13.0 Å². The summed E-state index contributed by atoms with van der Waals surface area (Å²) in [5.41, 5.74) is 1.36. The Kier molecular flexibility index (Phi) is 2.95. The van der Waals surface area contributed by atoms with Gasteiger partial charge in [0.15, 0.2) is 5.82 Å². The van der Waals surface area contributed by atoms with Gasteiger partial charge in [0.25, 0.3) is 5.69 Å². The zero-order valence-electron chi connectivity index (χ0n) is 9.04. The van der Waals surface area contributed by atoms with Gasteiger partial charge in [-0.25, -0.2) is 0 Å². The van der Waals surface area contributed by atoms with Crippen LogP contribution in [0.1, 0.15) is 11.4 Å². The molecule has 0 amide bonds. The molecule has 0 fully saturated rings. The van der Waals surface area contributed by atoms with Crippen molar-refractivity contribution in [3.63, 3.8) is 0 Å². The van der Waals surface area contributed by atoms with Gasteiger partial charge in [0.1, 0.15) is 0 Å². The summed E-state index contributed by atoms with van der Waals surface area (Å²) >= 11 is 0. The number of rotatable bonds is 4. The molecule has 0 unspecified atom stereocenters. The second kappa shape index (κ2) is 4.56. The molecule has 2 rings (SSSR count). The van der Waals surface area contributed by atoms with Gasteiger partial charge in [0.05, 0.1) is 11.5 Å². The molecule has 0 saturated heterocycles. The predicted molar refractivity (Wildman–Crippen MR) is 59.3 cm³/mol. The largest absolute Gasteiger partial charge is 0.377 e. The number of aromatic amines is 1. The number of benzene rings is 1. The third-order valence-electron chi connectivity index (χ3n) is 2.25. The first-order valence-corrected chi connectivity index (χ1v) is 4.88. The van der Waals surface area contributed by atoms with Crippen LogP contribution in [0.15, 0.2) is 18.2 Å². The molecule has 0 aliphatic heterocycles. The summed E-state index contributed by atoms with van der Waals surface area (Å²) < 4.78 is 0. The lowest BCUT2D eigenvalue weighted by molar-refractivity contribution is -0.385. The number of tetrazole rings is 1. The third-order valence-corrected chi connectivity index (χ3v) is 2.25. The molecule has 0 atom stereocenters. The molecule has 0 radical (unpaired) electrons. The lowest BCUT2D eigenvalue weighted by atomic mass is 10.2. The number of hydrogen-bond donors (Lipinski definition) is 2. The quantitative estimate of drug-likeness (QED) is 0.603. The molecule has 2 N–H and O–H groups in total. The number of nitro groups is 1. The molecule has 2 aromatic rings. The van der Waals surface area contributed by atoms with E-state index in [-0.39, 0.29) is 5.69 Å². The number of anilines is 1. The first-order valence-electron chi connectivity index (χ1n) is 4.88. The van der Waals surface area contributed by atoms with Crippen molar-refractivity contribution in [3.05, 3.63) is 39.7 Å². The van der Waals surface area contributed by atoms with Gasteiger partial charge >= 0.3 is 0 Å². The molecule has 8 nitrogen and oxygen atoms in total. The molecule has 0 aliphatic rings. The Labute approximate surface area is 96.2 Å². The van der Waals surface area contributed by atoms with Crippen molar-refractivity contribution in [1.29, 1.82) is 0 Å². The minimum Gasteiger partial charge on any atom is -0.377 e. The van der Waals surface area contributed by atoms with Crippen molar-refractivity contribution in [2.45, 2.75) is 13.5 Å². The summed E-state index contributed by atoms with van der Waals surface area (Å²) in [5.74, 6) is 0.494. The fourth-order valence-corrected chi connectivity index (χ4v) is 1.35. The van der Waals surface area contributed by atoms with Crippen LogP contribution in [0.4, 0.5) is 11.4 Å². The SMILES string of the molecule is Cc1ccc(NCc2nn[nH]n2)cc1[N+](=O)[O-]. The lowest BCUT2D eigenvalue weighted by Gasteiger charge is -2.04. The molecule has 0 aliphatic carbocycles. The Morgan fingerprint density at radius 3 is 3.00 bits per heavy atom. The number of nitrogens with one attached hydrogen (secondary N) is 2. The second-order valence-corrected chi connectivity index (χ2v) is 3.44. The Morgan fingerprint density at radius 1 is 1.53 bits per heavy atom. The van der Waals surface area contributed by atoms with Crippen molar-refractivity contribution in [3.8, 4) is 0 Å². The smallest absolute Gasteiger partial charge is 0.274 e. The van der Waals surface area contributed by atoms with E-state index in [0.29, 0.717) is 23.6 Å². The van der Waals surface area contributed by atoms with E-state index < -0.39 is 4.92 Å². The topological polar surface area (TPSA) is 110 Å². The zero-order valence-corrected chi connectivity index (χ0v) is 9.04. The molecule has 0 saturated carbocycles. The van der Waals surface area contributed by atoms with Gasteiger partial charge in [-0.2, -0.15) is 5.21 Å². The summed E-state index contributed by atoms with van der Waals surface area (Å²) in [7, 11) is 0. The van der Waals surface area contributed by atoms with Gasteiger partial charge < -0.3 is 5.32 Å². The van der Waals surface area contributed by atoms with E-state index in [9.17, 15) is 10.1 Å². The summed E-state index contributed by atoms with van der Waals surface area (Å²) in [5, 5.41) is 27.0. The van der Waals surface area contributed by atoms with Crippen molar-refractivity contribution >= 4 is 11.4 Å². The van der Waals surface area contributed by atoms with Crippen LogP contribution in [-0.4, -0.2) is 25.5 Å². The normalized spacial score (nSPS) is 10.2. The van der Waals surface area contributed by atoms with Gasteiger partial charge in [-0.1, -0.05) is 11.3 Å². The number of H-pyrrole nitrogens is 1. The van der Waals surface area contributed by atoms with Crippen molar-refractivity contribution in [2.75, 3.05) is 5.32 Å². The van der Waals surface area contributed by atoms with Crippen LogP contribution in [0, 0.1) is 17.0 Å². The predicted octanol–water partition coefficient (Wildman–Crippen LogP) is 1.03. The standard InChI is InChI=1S/C9H10N6O2/c1-6-2-3-7(4-8(6)15(16)17)10-5-9-11-13-14-12-9/h2-4,10H,5H2,1H3,(H,11,12,13,14). The van der Waals surface area contributed by atoms with Gasteiger partial charge in [0.2, 0.25) is 0 Å². The molecule has 17 heavy (non-hydrogen) atoms. The molecular weight excluding hydrogens is 224 g/mol. The van der Waals surface area contributed by atoms with Crippen LogP contribution in [0.3, 0.4) is 0 Å². The van der Waals surface area contributed by atoms with Crippen LogP contribution in [0.5, 0.6) is 0 Å². The maximum Gasteiger partial charge on any atom is 0.274 e. The third kappa shape index (κ3) is 2.54. The number of nitrogens with zero attached hydrogens (tertiary/aromatic N) is 4. The van der Waals surface area contributed by atoms with E-state index >= 15 is 0 Å². The Morgan fingerprint density at radius 2 is 2.35 bits per heavy atom. The Balaban J connectivity index is 2.11. The fraction of sp³-hybridized carbons (Fsp3) is 0.222. The summed E-state index contributed by atoms with van der Waals surface area (Å²) in [6, 6.07) is 4.94. The van der Waals surface area contributed by atoms with Gasteiger partial charge in [-0.15, -0.1) is 10.2 Å². The highest BCUT2D eigenvalue weighted by Gasteiger charge is 2.10. The van der Waals surface area contributed by atoms with E-state index in [1.807, 2.05) is 0 Å². The number of aromatic nitrogens is 4. The number of nitro benzene ring substituents is 1. The molecular formula is C9H10N6O2. The second-order valence-electron chi connectivity index (χ2n) is 3.44. The number of hydrogen-bond acceptors (Lipinski definition) is 6. The number of aryl methyl sites for hydroxylation is 1. The summed E-state index contributed by atoms with van der Waals surface area (Å²) in [6.45, 7) is 2.05. The Hall–Kier alpha value is -2.51. The van der Waals surface area contributed by atoms with E-state index in [1.54, 1.807) is 19.1 Å². The highest BCUT2D eigenvalue weighted by atomic mass is 16.6. The monoisotopic (exact) mass is 234 g/mol. The first kappa shape index (κ1) is 11.0. The highest BCUT2D eigenvalue weighted by molar-refractivity contribution is 5.54. The van der Waals surface area contributed by atoms with Crippen molar-refractivity contribution in [2.24, 2.45) is 0 Å². The average molecular weight is 234 g/mol. The molecule has 1 heterocycles. The van der Waals surface area contributed by atoms with E-state index in [0.717, 1.165) is 0 Å².